The Morgan fingerprint density at radius 2 is 1.14 bits per heavy atom. The molecular formula is C34H24O23. The largest absolute Gasteiger partial charge is 0.504 e. The molecule has 5 aliphatic rings. The van der Waals surface area contributed by atoms with Crippen LogP contribution in [-0.4, -0.2) is 140 Å². The summed E-state index contributed by atoms with van der Waals surface area (Å²) in [6, 6.07) is 1.44. The third-order valence-electron chi connectivity index (χ3n) is 10.0. The van der Waals surface area contributed by atoms with E-state index < -0.39 is 175 Å². The highest BCUT2D eigenvalue weighted by atomic mass is 16.7. The number of esters is 4. The van der Waals surface area contributed by atoms with Gasteiger partial charge in [0.1, 0.15) is 18.8 Å². The van der Waals surface area contributed by atoms with Gasteiger partial charge in [0, 0.05) is 16.7 Å². The number of hydrogen-bond acceptors (Lipinski definition) is 23. The molecule has 4 heterocycles. The maximum absolute atomic E-state index is 14.0. The average molecular weight is 801 g/mol. The Morgan fingerprint density at radius 3 is 1.75 bits per heavy atom. The van der Waals surface area contributed by atoms with Crippen molar-refractivity contribution in [3.63, 3.8) is 0 Å². The molecule has 6 bridgehead atoms. The molecule has 8 rings (SSSR count). The standard InChI is InChI=1S/C34H24O23/c35-10-1-6-15(22(42)19(10)39)16-7(2-11(36)20(40)23(16)43)30(47)56-32-27-24(44)25(13(53-32)5-52-28(6)45)54-29(46)8-3-12(37)21(41)26-17(8)18-9(31(48)55-27)4-14(38)34(51,57-26)33(18,49)50/h1-4,13,18,24-25,27,32,35-37,39-44,49-51H,5H2. The Kier molecular flexibility index (Phi) is 7.75. The zero-order valence-electron chi connectivity index (χ0n) is 27.8. The highest BCUT2D eigenvalue weighted by Gasteiger charge is 2.70. The van der Waals surface area contributed by atoms with Crippen LogP contribution in [0, 0.1) is 0 Å². The van der Waals surface area contributed by atoms with Crippen molar-refractivity contribution in [3.8, 4) is 62.9 Å². The van der Waals surface area contributed by atoms with E-state index in [-0.39, 0.29) is 0 Å². The number of phenolic OH excluding ortho intramolecular Hbond substituents is 8. The molecule has 298 valence electrons. The van der Waals surface area contributed by atoms with Crippen LogP contribution in [0.4, 0.5) is 0 Å². The van der Waals surface area contributed by atoms with Crippen molar-refractivity contribution in [2.75, 3.05) is 6.61 Å². The normalized spacial score (nSPS) is 28.6. The molecule has 0 radical (unpaired) electrons. The lowest BCUT2D eigenvalue weighted by Gasteiger charge is -2.49. The first-order valence-corrected chi connectivity index (χ1v) is 16.1. The van der Waals surface area contributed by atoms with Crippen LogP contribution < -0.4 is 4.74 Å². The zero-order chi connectivity index (χ0) is 41.4. The minimum Gasteiger partial charge on any atom is -0.504 e. The number of fused-ring (bicyclic) bond motifs is 10. The van der Waals surface area contributed by atoms with Crippen LogP contribution in [0.5, 0.6) is 51.7 Å². The molecule has 7 unspecified atom stereocenters. The summed E-state index contributed by atoms with van der Waals surface area (Å²) in [6.45, 7) is -1.13. The lowest BCUT2D eigenvalue weighted by molar-refractivity contribution is -0.339. The topological polar surface area (TPSA) is 383 Å². The van der Waals surface area contributed by atoms with Gasteiger partial charge in [-0.3, -0.25) is 4.79 Å². The molecule has 4 aliphatic heterocycles. The van der Waals surface area contributed by atoms with Gasteiger partial charge in [-0.2, -0.15) is 0 Å². The van der Waals surface area contributed by atoms with Crippen LogP contribution in [0.25, 0.3) is 11.1 Å². The van der Waals surface area contributed by atoms with Gasteiger partial charge < -0.3 is 89.7 Å². The maximum atomic E-state index is 14.0. The van der Waals surface area contributed by atoms with Crippen LogP contribution in [0.15, 0.2) is 29.8 Å². The molecule has 1 saturated heterocycles. The minimum absolute atomic E-state index is 0.311. The number of aliphatic hydroxyl groups is 4. The molecule has 1 fully saturated rings. The van der Waals surface area contributed by atoms with Crippen molar-refractivity contribution in [2.24, 2.45) is 0 Å². The number of ether oxygens (including phenoxy) is 6. The zero-order valence-corrected chi connectivity index (χ0v) is 27.8. The van der Waals surface area contributed by atoms with E-state index in [0.717, 1.165) is 0 Å². The monoisotopic (exact) mass is 800 g/mol. The van der Waals surface area contributed by atoms with Crippen LogP contribution in [0.1, 0.15) is 42.6 Å². The summed E-state index contributed by atoms with van der Waals surface area (Å²) in [5.74, 6) is -29.8. The Balaban J connectivity index is 1.33. The van der Waals surface area contributed by atoms with E-state index in [4.69, 9.17) is 28.4 Å². The molecular weight excluding hydrogens is 776 g/mol. The van der Waals surface area contributed by atoms with Crippen molar-refractivity contribution < 1.29 is 114 Å². The fourth-order valence-corrected chi connectivity index (χ4v) is 7.23. The van der Waals surface area contributed by atoms with E-state index in [9.17, 15) is 85.3 Å². The summed E-state index contributed by atoms with van der Waals surface area (Å²) >= 11 is 0. The second-order valence-electron chi connectivity index (χ2n) is 13.2. The van der Waals surface area contributed by atoms with Gasteiger partial charge in [0.25, 0.3) is 5.79 Å². The molecule has 57 heavy (non-hydrogen) atoms. The molecule has 0 amide bonds. The van der Waals surface area contributed by atoms with Crippen LogP contribution >= 0.6 is 0 Å². The number of benzene rings is 3. The molecule has 3 aromatic carbocycles. The van der Waals surface area contributed by atoms with Crippen molar-refractivity contribution in [2.45, 2.75) is 48.2 Å². The first-order chi connectivity index (χ1) is 26.7. The number of carbonyl (C=O) groups excluding carboxylic acids is 5. The van der Waals surface area contributed by atoms with Gasteiger partial charge in [-0.15, -0.1) is 0 Å². The van der Waals surface area contributed by atoms with Crippen molar-refractivity contribution in [3.05, 3.63) is 52.1 Å². The molecule has 23 nitrogen and oxygen atoms in total. The van der Waals surface area contributed by atoms with Gasteiger partial charge in [0.2, 0.25) is 29.3 Å². The second-order valence-corrected chi connectivity index (χ2v) is 13.2. The number of aromatic hydroxyl groups is 8. The molecule has 3 aromatic rings. The predicted molar refractivity (Wildman–Crippen MR) is 170 cm³/mol. The first-order valence-electron chi connectivity index (χ1n) is 16.1. The summed E-state index contributed by atoms with van der Waals surface area (Å²) in [7, 11) is 0. The molecule has 0 spiro atoms. The molecule has 12 N–H and O–H groups in total. The Hall–Kier alpha value is -7.05. The van der Waals surface area contributed by atoms with Gasteiger partial charge in [0.15, 0.2) is 46.7 Å². The fourth-order valence-electron chi connectivity index (χ4n) is 7.23. The molecule has 0 aromatic heterocycles. The summed E-state index contributed by atoms with van der Waals surface area (Å²) < 4.78 is 32.3. The average Bonchev–Trinajstić information content (AvgIpc) is 3.15. The van der Waals surface area contributed by atoms with E-state index in [1.807, 2.05) is 0 Å². The number of phenols is 8. The number of cyclic esters (lactones) is 1. The van der Waals surface area contributed by atoms with Gasteiger partial charge in [-0.1, -0.05) is 0 Å². The van der Waals surface area contributed by atoms with Gasteiger partial charge in [-0.05, 0) is 24.3 Å². The number of carbonyl (C=O) groups is 5. The third kappa shape index (κ3) is 4.93. The van der Waals surface area contributed by atoms with Gasteiger partial charge in [0.05, 0.1) is 28.2 Å². The van der Waals surface area contributed by atoms with E-state index in [2.05, 4.69) is 0 Å². The number of aliphatic hydroxyl groups excluding tert-OH is 1. The van der Waals surface area contributed by atoms with Crippen molar-refractivity contribution in [1.29, 1.82) is 0 Å². The second kappa shape index (κ2) is 12.0. The molecule has 1 aliphatic carbocycles. The molecule has 0 saturated carbocycles. The minimum atomic E-state index is -3.86. The fraction of sp³-hybridized carbons (Fsp3) is 0.265. The Morgan fingerprint density at radius 1 is 0.614 bits per heavy atom. The molecule has 23 heteroatoms. The maximum Gasteiger partial charge on any atom is 0.341 e. The van der Waals surface area contributed by atoms with Crippen LogP contribution in [-0.2, 0) is 33.3 Å². The van der Waals surface area contributed by atoms with E-state index in [1.165, 1.54) is 0 Å². The Bertz CT molecular complexity index is 2430. The van der Waals surface area contributed by atoms with E-state index in [0.29, 0.717) is 24.3 Å². The van der Waals surface area contributed by atoms with Crippen LogP contribution in [0.2, 0.25) is 0 Å². The Labute approximate surface area is 313 Å². The van der Waals surface area contributed by atoms with Gasteiger partial charge in [-0.25, -0.2) is 19.2 Å². The first kappa shape index (κ1) is 36.9. The SMILES string of the molecule is O=C1OC2C3OC(=O)c4cc(O)c(O)c(O)c4-c4c(cc(O)c(O)c4O)C(=O)OCC(O3)C(OC(=O)c3cc(O)c(O)c4c3C3C1=CC(=O)C(O)(O4)C3(O)O)C2O. The summed E-state index contributed by atoms with van der Waals surface area (Å²) in [4.78, 5) is 68.7. The van der Waals surface area contributed by atoms with Crippen LogP contribution in [0.3, 0.4) is 0 Å². The number of rotatable bonds is 0. The highest BCUT2D eigenvalue weighted by Crippen LogP contribution is 2.58. The summed E-state index contributed by atoms with van der Waals surface area (Å²) in [5.41, 5.74) is -6.89. The predicted octanol–water partition coefficient (Wildman–Crippen LogP) is -2.08. The highest BCUT2D eigenvalue weighted by molar-refractivity contribution is 6.10. The number of ketones is 1. The van der Waals surface area contributed by atoms with Crippen molar-refractivity contribution in [1.82, 2.24) is 0 Å². The quantitative estimate of drug-likeness (QED) is 0.0502. The third-order valence-corrected chi connectivity index (χ3v) is 10.0. The summed E-state index contributed by atoms with van der Waals surface area (Å²) in [6.07, 6.45) is -11.0. The molecule has 7 atom stereocenters. The van der Waals surface area contributed by atoms with E-state index in [1.54, 1.807) is 0 Å². The lowest BCUT2D eigenvalue weighted by Crippen LogP contribution is -2.70. The van der Waals surface area contributed by atoms with Crippen molar-refractivity contribution >= 4 is 29.7 Å². The summed E-state index contributed by atoms with van der Waals surface area (Å²) in [5, 5.41) is 129. The smallest absolute Gasteiger partial charge is 0.341 e. The lowest BCUT2D eigenvalue weighted by atomic mass is 9.70. The van der Waals surface area contributed by atoms with Gasteiger partial charge >= 0.3 is 29.7 Å². The van der Waals surface area contributed by atoms with E-state index >= 15 is 0 Å². The number of hydrogen-bond donors (Lipinski definition) is 12.